The minimum absolute atomic E-state index is 0.0452. The highest BCUT2D eigenvalue weighted by Crippen LogP contribution is 2.25. The molecule has 2 N–H and O–H groups in total. The van der Waals surface area contributed by atoms with Gasteiger partial charge in [0, 0.05) is 16.0 Å². The van der Waals surface area contributed by atoms with E-state index in [0.29, 0.717) is 10.2 Å². The Balaban J connectivity index is 1.70. The zero-order valence-corrected chi connectivity index (χ0v) is 17.3. The third-order valence-electron chi connectivity index (χ3n) is 3.95. The molecule has 1 atom stereocenters. The Kier molecular flexibility index (Phi) is 6.46. The highest BCUT2D eigenvalue weighted by Gasteiger charge is 2.25. The van der Waals surface area contributed by atoms with Crippen molar-refractivity contribution in [2.24, 2.45) is 0 Å². The molecule has 0 aliphatic heterocycles. The van der Waals surface area contributed by atoms with Crippen LogP contribution in [0.5, 0.6) is 0 Å². The van der Waals surface area contributed by atoms with E-state index in [1.807, 2.05) is 35.7 Å². The summed E-state index contributed by atoms with van der Waals surface area (Å²) in [6, 6.07) is 14.4. The summed E-state index contributed by atoms with van der Waals surface area (Å²) < 4.78 is 27.5. The van der Waals surface area contributed by atoms with Gasteiger partial charge in [0.1, 0.15) is 6.04 Å². The fourth-order valence-corrected chi connectivity index (χ4v) is 4.58. The fourth-order valence-electron chi connectivity index (χ4n) is 2.46. The van der Waals surface area contributed by atoms with Crippen LogP contribution < -0.4 is 10.0 Å². The van der Waals surface area contributed by atoms with Gasteiger partial charge in [-0.3, -0.25) is 4.79 Å². The second kappa shape index (κ2) is 8.83. The molecule has 9 heteroatoms. The molecule has 146 valence electrons. The number of hydrogen-bond acceptors (Lipinski definition) is 5. The first-order chi connectivity index (χ1) is 13.4. The predicted molar refractivity (Wildman–Crippen MR) is 112 cm³/mol. The van der Waals surface area contributed by atoms with Crippen LogP contribution in [0, 0.1) is 0 Å². The van der Waals surface area contributed by atoms with Crippen LogP contribution in [0.3, 0.4) is 0 Å². The zero-order chi connectivity index (χ0) is 20.1. The number of amides is 1. The molecular weight excluding hydrogens is 418 g/mol. The first-order valence-electron chi connectivity index (χ1n) is 8.49. The number of aromatic nitrogens is 1. The molecule has 0 fully saturated rings. The number of sulfonamides is 1. The van der Waals surface area contributed by atoms with Crippen LogP contribution in [0.4, 0.5) is 5.13 Å². The summed E-state index contributed by atoms with van der Waals surface area (Å²) >= 11 is 7.08. The number of hydrogen-bond donors (Lipinski definition) is 2. The maximum Gasteiger partial charge on any atom is 0.244 e. The lowest BCUT2D eigenvalue weighted by molar-refractivity contribution is -0.117. The number of nitrogens with zero attached hydrogens (tertiary/aromatic N) is 1. The number of rotatable bonds is 7. The molecule has 0 saturated heterocycles. The van der Waals surface area contributed by atoms with Crippen molar-refractivity contribution in [1.82, 2.24) is 9.71 Å². The van der Waals surface area contributed by atoms with Crippen molar-refractivity contribution >= 4 is 44.0 Å². The third kappa shape index (κ3) is 4.96. The van der Waals surface area contributed by atoms with Crippen LogP contribution in [0.1, 0.15) is 13.3 Å². The van der Waals surface area contributed by atoms with E-state index in [4.69, 9.17) is 11.6 Å². The molecule has 6 nitrogen and oxygen atoms in total. The largest absolute Gasteiger partial charge is 0.301 e. The van der Waals surface area contributed by atoms with Crippen LogP contribution in [0.2, 0.25) is 5.02 Å². The summed E-state index contributed by atoms with van der Waals surface area (Å²) in [6.45, 7) is 1.73. The van der Waals surface area contributed by atoms with Crippen molar-refractivity contribution in [3.05, 3.63) is 65.0 Å². The lowest BCUT2D eigenvalue weighted by Gasteiger charge is -2.16. The van der Waals surface area contributed by atoms with Crippen LogP contribution in [-0.4, -0.2) is 25.4 Å². The monoisotopic (exact) mass is 435 g/mol. The fraction of sp³-hybridized carbons (Fsp3) is 0.158. The van der Waals surface area contributed by atoms with Crippen molar-refractivity contribution in [3.8, 4) is 11.3 Å². The van der Waals surface area contributed by atoms with Crippen molar-refractivity contribution in [3.63, 3.8) is 0 Å². The minimum atomic E-state index is -3.85. The number of benzene rings is 2. The van der Waals surface area contributed by atoms with E-state index in [9.17, 15) is 13.2 Å². The summed E-state index contributed by atoms with van der Waals surface area (Å²) in [4.78, 5) is 17.0. The Labute approximate surface area is 172 Å². The van der Waals surface area contributed by atoms with Crippen LogP contribution >= 0.6 is 22.9 Å². The standard InChI is InChI=1S/C19H18ClN3O3S2/c1-2-16(23-28(25,26)15-10-8-14(20)9-11-15)18(24)22-19-21-17(12-27-19)13-6-4-3-5-7-13/h3-12,16,23H,2H2,1H3,(H,21,22,24). The van der Waals surface area contributed by atoms with Crippen molar-refractivity contribution in [2.45, 2.75) is 24.3 Å². The Morgan fingerprint density at radius 2 is 1.82 bits per heavy atom. The molecule has 0 saturated carbocycles. The molecule has 3 aromatic rings. The molecule has 1 aromatic heterocycles. The summed E-state index contributed by atoms with van der Waals surface area (Å²) in [5.41, 5.74) is 1.69. The van der Waals surface area contributed by atoms with Gasteiger partial charge in [0.15, 0.2) is 5.13 Å². The SMILES string of the molecule is CCC(NS(=O)(=O)c1ccc(Cl)cc1)C(=O)Nc1nc(-c2ccccc2)cs1. The number of thiazole rings is 1. The van der Waals surface area contributed by atoms with Crippen LogP contribution in [0.25, 0.3) is 11.3 Å². The Morgan fingerprint density at radius 1 is 1.14 bits per heavy atom. The van der Waals surface area contributed by atoms with Crippen molar-refractivity contribution < 1.29 is 13.2 Å². The zero-order valence-electron chi connectivity index (χ0n) is 14.9. The maximum atomic E-state index is 12.6. The summed E-state index contributed by atoms with van der Waals surface area (Å²) in [5, 5.41) is 5.37. The van der Waals surface area contributed by atoms with Gasteiger partial charge in [0.05, 0.1) is 10.6 Å². The van der Waals surface area contributed by atoms with E-state index in [1.165, 1.54) is 35.6 Å². The molecule has 3 rings (SSSR count). The summed E-state index contributed by atoms with van der Waals surface area (Å²) in [6.07, 6.45) is 0.287. The molecule has 0 aliphatic carbocycles. The van der Waals surface area contributed by atoms with E-state index < -0.39 is 22.0 Å². The van der Waals surface area contributed by atoms with Gasteiger partial charge < -0.3 is 5.32 Å². The molecule has 1 heterocycles. The lowest BCUT2D eigenvalue weighted by atomic mass is 10.2. The third-order valence-corrected chi connectivity index (χ3v) is 6.45. The molecule has 0 aliphatic rings. The molecule has 0 bridgehead atoms. The predicted octanol–water partition coefficient (Wildman–Crippen LogP) is 4.16. The van der Waals surface area contributed by atoms with E-state index in [-0.39, 0.29) is 11.3 Å². The Bertz CT molecular complexity index is 1050. The number of nitrogens with one attached hydrogen (secondary N) is 2. The first-order valence-corrected chi connectivity index (χ1v) is 11.2. The van der Waals surface area contributed by atoms with Crippen LogP contribution in [0.15, 0.2) is 64.9 Å². The van der Waals surface area contributed by atoms with Crippen molar-refractivity contribution in [2.75, 3.05) is 5.32 Å². The van der Waals surface area contributed by atoms with E-state index in [1.54, 1.807) is 6.92 Å². The van der Waals surface area contributed by atoms with Gasteiger partial charge in [-0.25, -0.2) is 13.4 Å². The van der Waals surface area contributed by atoms with Crippen molar-refractivity contribution in [1.29, 1.82) is 0 Å². The minimum Gasteiger partial charge on any atom is -0.301 e. The second-order valence-corrected chi connectivity index (χ2v) is 8.94. The summed E-state index contributed by atoms with van der Waals surface area (Å²) in [7, 11) is -3.85. The van der Waals surface area contributed by atoms with E-state index in [2.05, 4.69) is 15.0 Å². The van der Waals surface area contributed by atoms with Gasteiger partial charge in [-0.2, -0.15) is 4.72 Å². The van der Waals surface area contributed by atoms with E-state index >= 15 is 0 Å². The average Bonchev–Trinajstić information content (AvgIpc) is 3.15. The van der Waals surface area contributed by atoms with E-state index in [0.717, 1.165) is 11.3 Å². The molecular formula is C19H18ClN3O3S2. The van der Waals surface area contributed by atoms with Gasteiger partial charge in [0.25, 0.3) is 0 Å². The second-order valence-electron chi connectivity index (χ2n) is 5.93. The molecule has 28 heavy (non-hydrogen) atoms. The molecule has 2 aromatic carbocycles. The average molecular weight is 436 g/mol. The molecule has 0 radical (unpaired) electrons. The number of anilines is 1. The topological polar surface area (TPSA) is 88.2 Å². The molecule has 1 amide bonds. The number of halogens is 1. The Hall–Kier alpha value is -2.26. The number of carbonyl (C=O) groups excluding carboxylic acids is 1. The highest BCUT2D eigenvalue weighted by atomic mass is 35.5. The number of carbonyl (C=O) groups is 1. The normalized spacial score (nSPS) is 12.5. The van der Waals surface area contributed by atoms with Gasteiger partial charge in [0.2, 0.25) is 15.9 Å². The van der Waals surface area contributed by atoms with Gasteiger partial charge >= 0.3 is 0 Å². The maximum absolute atomic E-state index is 12.6. The Morgan fingerprint density at radius 3 is 2.46 bits per heavy atom. The molecule has 0 spiro atoms. The smallest absolute Gasteiger partial charge is 0.244 e. The van der Waals surface area contributed by atoms with Gasteiger partial charge in [-0.15, -0.1) is 11.3 Å². The highest BCUT2D eigenvalue weighted by molar-refractivity contribution is 7.89. The van der Waals surface area contributed by atoms with Gasteiger partial charge in [-0.1, -0.05) is 48.9 Å². The lowest BCUT2D eigenvalue weighted by Crippen LogP contribution is -2.43. The molecule has 1 unspecified atom stereocenters. The first kappa shape index (κ1) is 20.5. The quantitative estimate of drug-likeness (QED) is 0.583. The summed E-state index contributed by atoms with van der Waals surface area (Å²) in [5.74, 6) is -0.464. The van der Waals surface area contributed by atoms with Gasteiger partial charge in [-0.05, 0) is 30.7 Å². The van der Waals surface area contributed by atoms with Crippen LogP contribution in [-0.2, 0) is 14.8 Å².